The van der Waals surface area contributed by atoms with Crippen LogP contribution < -0.4 is 15.8 Å². The molecule has 3 amide bonds. The molecule has 188 valence electrons. The van der Waals surface area contributed by atoms with Crippen molar-refractivity contribution in [3.05, 3.63) is 71.6 Å². The van der Waals surface area contributed by atoms with Crippen LogP contribution in [0.1, 0.15) is 12.8 Å². The summed E-state index contributed by atoms with van der Waals surface area (Å²) in [5, 5.41) is 10.8. The first-order valence-electron chi connectivity index (χ1n) is 11.0. The summed E-state index contributed by atoms with van der Waals surface area (Å²) in [6, 6.07) is 12.5. The highest BCUT2D eigenvalue weighted by molar-refractivity contribution is 7.89. The van der Waals surface area contributed by atoms with Gasteiger partial charge in [-0.2, -0.15) is 0 Å². The van der Waals surface area contributed by atoms with Crippen LogP contribution in [0.15, 0.2) is 65.7 Å². The van der Waals surface area contributed by atoms with Crippen molar-refractivity contribution in [2.45, 2.75) is 17.7 Å². The second-order valence-electron chi connectivity index (χ2n) is 8.40. The molecular formula is C24H23ClFN5O4S. The van der Waals surface area contributed by atoms with Gasteiger partial charge < -0.3 is 10.2 Å². The summed E-state index contributed by atoms with van der Waals surface area (Å²) in [5.74, 6) is -0.774. The number of aromatic nitrogens is 1. The van der Waals surface area contributed by atoms with Crippen LogP contribution in [0, 0.1) is 11.7 Å². The molecule has 0 aliphatic heterocycles. The summed E-state index contributed by atoms with van der Waals surface area (Å²) in [7, 11) is -4.02. The van der Waals surface area contributed by atoms with Gasteiger partial charge in [0, 0.05) is 18.3 Å². The van der Waals surface area contributed by atoms with E-state index in [1.165, 1.54) is 41.4 Å². The van der Waals surface area contributed by atoms with Crippen molar-refractivity contribution in [1.82, 2.24) is 9.88 Å². The molecule has 0 atom stereocenters. The van der Waals surface area contributed by atoms with E-state index in [0.717, 1.165) is 18.9 Å². The average Bonchev–Trinajstić information content (AvgIpc) is 3.65. The Hall–Kier alpha value is -3.54. The molecule has 1 aliphatic rings. The number of pyridine rings is 1. The number of nitrogens with one attached hydrogen (secondary N) is 2. The van der Waals surface area contributed by atoms with E-state index in [2.05, 4.69) is 15.6 Å². The second kappa shape index (κ2) is 10.6. The first kappa shape index (κ1) is 25.5. The van der Waals surface area contributed by atoms with Crippen LogP contribution in [-0.2, 0) is 14.8 Å². The quantitative estimate of drug-likeness (QED) is 0.403. The van der Waals surface area contributed by atoms with Crippen LogP contribution in [0.5, 0.6) is 0 Å². The van der Waals surface area contributed by atoms with Crippen molar-refractivity contribution in [1.29, 1.82) is 0 Å². The Labute approximate surface area is 212 Å². The normalized spacial score (nSPS) is 13.2. The number of nitrogens with zero attached hydrogens (tertiary/aromatic N) is 2. The van der Waals surface area contributed by atoms with Gasteiger partial charge in [-0.25, -0.2) is 27.7 Å². The van der Waals surface area contributed by atoms with Crippen LogP contribution in [-0.4, -0.2) is 43.3 Å². The number of anilines is 2. The van der Waals surface area contributed by atoms with Gasteiger partial charge in [0.25, 0.3) is 0 Å². The van der Waals surface area contributed by atoms with E-state index < -0.39 is 27.8 Å². The molecule has 4 N–H and O–H groups in total. The third kappa shape index (κ3) is 6.56. The van der Waals surface area contributed by atoms with Gasteiger partial charge in [-0.3, -0.25) is 10.1 Å². The maximum Gasteiger partial charge on any atom is 0.323 e. The maximum atomic E-state index is 14.9. The Balaban J connectivity index is 1.46. The monoisotopic (exact) mass is 531 g/mol. The van der Waals surface area contributed by atoms with Gasteiger partial charge in [0.15, 0.2) is 0 Å². The van der Waals surface area contributed by atoms with Gasteiger partial charge in [0.2, 0.25) is 15.9 Å². The number of primary sulfonamides is 1. The molecule has 9 nitrogen and oxygen atoms in total. The maximum absolute atomic E-state index is 14.9. The summed E-state index contributed by atoms with van der Waals surface area (Å²) >= 11 is 5.82. The molecule has 2 aromatic carbocycles. The fraction of sp³-hybridized carbons (Fsp3) is 0.208. The summed E-state index contributed by atoms with van der Waals surface area (Å²) in [4.78, 5) is 30.7. The van der Waals surface area contributed by atoms with Crippen LogP contribution in [0.4, 0.5) is 20.7 Å². The van der Waals surface area contributed by atoms with Crippen LogP contribution >= 0.6 is 11.6 Å². The van der Waals surface area contributed by atoms with Gasteiger partial charge in [-0.15, -0.1) is 0 Å². The zero-order valence-corrected chi connectivity index (χ0v) is 20.5. The molecule has 0 saturated heterocycles. The van der Waals surface area contributed by atoms with Crippen LogP contribution in [0.2, 0.25) is 5.02 Å². The zero-order chi connectivity index (χ0) is 25.9. The topological polar surface area (TPSA) is 134 Å². The largest absolute Gasteiger partial charge is 0.323 e. The third-order valence-electron chi connectivity index (χ3n) is 5.51. The fourth-order valence-electron chi connectivity index (χ4n) is 3.57. The standard InChI is InChI=1S/C24H23ClFN5O4S/c25-17-8-10-22(28-12-17)30-24(33)31(13-15-5-6-15)14-23(32)29-20-9-7-16(11-19(20)26)18-3-1-2-4-21(18)36(27,34)35/h1-4,7-12,15H,5-6,13-14H2,(H,29,32)(H2,27,34,35)(H,28,30,33). The van der Waals surface area contributed by atoms with Crippen LogP contribution in [0.25, 0.3) is 11.1 Å². The first-order valence-corrected chi connectivity index (χ1v) is 12.9. The van der Waals surface area contributed by atoms with Crippen molar-refractivity contribution in [3.63, 3.8) is 0 Å². The van der Waals surface area contributed by atoms with Gasteiger partial charge in [0.05, 0.1) is 15.6 Å². The molecule has 0 spiro atoms. The van der Waals surface area contributed by atoms with Crippen molar-refractivity contribution in [2.75, 3.05) is 23.7 Å². The molecule has 4 rings (SSSR count). The number of carbonyl (C=O) groups excluding carboxylic acids is 2. The smallest absolute Gasteiger partial charge is 0.322 e. The van der Waals surface area contributed by atoms with Crippen molar-refractivity contribution < 1.29 is 22.4 Å². The molecule has 0 radical (unpaired) electrons. The number of nitrogens with two attached hydrogens (primary N) is 1. The molecule has 1 aromatic heterocycles. The van der Waals surface area contributed by atoms with Crippen molar-refractivity contribution in [2.24, 2.45) is 11.1 Å². The van der Waals surface area contributed by atoms with Gasteiger partial charge in [0.1, 0.15) is 18.2 Å². The Kier molecular flexibility index (Phi) is 7.53. The highest BCUT2D eigenvalue weighted by Crippen LogP contribution is 2.31. The van der Waals surface area contributed by atoms with Crippen molar-refractivity contribution >= 4 is 45.1 Å². The predicted octanol–water partition coefficient (Wildman–Crippen LogP) is 4.07. The molecule has 12 heteroatoms. The minimum Gasteiger partial charge on any atom is -0.322 e. The lowest BCUT2D eigenvalue weighted by atomic mass is 10.0. The summed E-state index contributed by atoms with van der Waals surface area (Å²) in [6.45, 7) is 0.0734. The summed E-state index contributed by atoms with van der Waals surface area (Å²) < 4.78 is 38.6. The highest BCUT2D eigenvalue weighted by Gasteiger charge is 2.28. The van der Waals surface area contributed by atoms with E-state index in [4.69, 9.17) is 16.7 Å². The highest BCUT2D eigenvalue weighted by atomic mass is 35.5. The van der Waals surface area contributed by atoms with E-state index >= 15 is 0 Å². The van der Waals surface area contributed by atoms with E-state index in [0.29, 0.717) is 17.5 Å². The van der Waals surface area contributed by atoms with Gasteiger partial charge in [-0.05, 0) is 54.7 Å². The molecule has 3 aromatic rings. The lowest BCUT2D eigenvalue weighted by Gasteiger charge is -2.22. The predicted molar refractivity (Wildman–Crippen MR) is 134 cm³/mol. The number of sulfonamides is 1. The molecule has 0 unspecified atom stereocenters. The number of carbonyl (C=O) groups is 2. The summed E-state index contributed by atoms with van der Waals surface area (Å²) in [6.07, 6.45) is 3.31. The lowest BCUT2D eigenvalue weighted by Crippen LogP contribution is -2.42. The minimum absolute atomic E-state index is 0.108. The number of hydrogen-bond donors (Lipinski definition) is 3. The molecule has 0 bridgehead atoms. The van der Waals surface area contributed by atoms with Gasteiger partial charge >= 0.3 is 6.03 Å². The Morgan fingerprint density at radius 3 is 2.50 bits per heavy atom. The van der Waals surface area contributed by atoms with E-state index in [1.54, 1.807) is 18.2 Å². The number of urea groups is 1. The second-order valence-corrected chi connectivity index (χ2v) is 10.4. The SMILES string of the molecule is NS(=O)(=O)c1ccccc1-c1ccc(NC(=O)CN(CC2CC2)C(=O)Nc2ccc(Cl)cn2)c(F)c1. The molecule has 1 fully saturated rings. The van der Waals surface area contributed by atoms with Crippen molar-refractivity contribution in [3.8, 4) is 11.1 Å². The first-order chi connectivity index (χ1) is 17.1. The van der Waals surface area contributed by atoms with Crippen LogP contribution in [0.3, 0.4) is 0 Å². The molecule has 1 heterocycles. The third-order valence-corrected chi connectivity index (χ3v) is 6.70. The summed E-state index contributed by atoms with van der Waals surface area (Å²) in [5.41, 5.74) is 0.406. The number of benzene rings is 2. The number of halogens is 2. The fourth-order valence-corrected chi connectivity index (χ4v) is 4.44. The number of amides is 3. The Morgan fingerprint density at radius 2 is 1.86 bits per heavy atom. The minimum atomic E-state index is -4.02. The molecule has 1 aliphatic carbocycles. The Bertz CT molecular complexity index is 1400. The zero-order valence-electron chi connectivity index (χ0n) is 18.9. The average molecular weight is 532 g/mol. The Morgan fingerprint density at radius 1 is 1.11 bits per heavy atom. The van der Waals surface area contributed by atoms with E-state index in [1.807, 2.05) is 0 Å². The molecule has 36 heavy (non-hydrogen) atoms. The van der Waals surface area contributed by atoms with Gasteiger partial charge in [-0.1, -0.05) is 35.9 Å². The van der Waals surface area contributed by atoms with E-state index in [-0.39, 0.29) is 34.1 Å². The lowest BCUT2D eigenvalue weighted by molar-refractivity contribution is -0.116. The molecule has 1 saturated carbocycles. The van der Waals surface area contributed by atoms with E-state index in [9.17, 15) is 22.4 Å². The molecular weight excluding hydrogens is 509 g/mol. The number of hydrogen-bond acceptors (Lipinski definition) is 5. The number of rotatable bonds is 8.